The Bertz CT molecular complexity index is 702. The van der Waals surface area contributed by atoms with E-state index in [-0.39, 0.29) is 11.8 Å². The highest BCUT2D eigenvalue weighted by Gasteiger charge is 2.11. The van der Waals surface area contributed by atoms with Crippen LogP contribution in [0.1, 0.15) is 12.5 Å². The summed E-state index contributed by atoms with van der Waals surface area (Å²) in [5.41, 5.74) is 1.59. The van der Waals surface area contributed by atoms with Crippen LogP contribution in [-0.4, -0.2) is 29.4 Å². The van der Waals surface area contributed by atoms with Crippen LogP contribution < -0.4 is 10.9 Å². The van der Waals surface area contributed by atoms with Crippen LogP contribution in [0, 0.1) is 11.3 Å². The van der Waals surface area contributed by atoms with Gasteiger partial charge in [-0.1, -0.05) is 6.92 Å². The first-order chi connectivity index (χ1) is 9.69. The first-order valence-corrected chi connectivity index (χ1v) is 6.35. The summed E-state index contributed by atoms with van der Waals surface area (Å²) < 4.78 is 6.87. The molecule has 6 heteroatoms. The maximum absolute atomic E-state index is 12.0. The van der Waals surface area contributed by atoms with Crippen molar-refractivity contribution >= 4 is 11.0 Å². The molecule has 20 heavy (non-hydrogen) atoms. The van der Waals surface area contributed by atoms with Gasteiger partial charge in [-0.2, -0.15) is 5.26 Å². The van der Waals surface area contributed by atoms with E-state index in [2.05, 4.69) is 16.4 Å². The highest BCUT2D eigenvalue weighted by atomic mass is 16.5. The SMILES string of the molecule is CCNC(Cn1c(=O)cnc2ccc(C#N)cc21)OC. The first-order valence-electron chi connectivity index (χ1n) is 6.35. The fraction of sp³-hybridized carbons (Fsp3) is 0.357. The number of nitrogens with zero attached hydrogens (tertiary/aromatic N) is 3. The van der Waals surface area contributed by atoms with Gasteiger partial charge in [0.25, 0.3) is 5.56 Å². The lowest BCUT2D eigenvalue weighted by molar-refractivity contribution is 0.0615. The van der Waals surface area contributed by atoms with E-state index < -0.39 is 0 Å². The van der Waals surface area contributed by atoms with Crippen molar-refractivity contribution in [2.45, 2.75) is 19.7 Å². The molecule has 2 aromatic rings. The summed E-state index contributed by atoms with van der Waals surface area (Å²) in [4.78, 5) is 16.1. The van der Waals surface area contributed by atoms with Crippen LogP contribution in [0.25, 0.3) is 11.0 Å². The number of likely N-dealkylation sites (N-methyl/N-ethyl adjacent to an activating group) is 1. The van der Waals surface area contributed by atoms with E-state index in [1.165, 1.54) is 6.20 Å². The molecule has 0 saturated heterocycles. The minimum Gasteiger partial charge on any atom is -0.365 e. The third-order valence-electron chi connectivity index (χ3n) is 3.04. The van der Waals surface area contributed by atoms with E-state index in [9.17, 15) is 4.79 Å². The second-order valence-electron chi connectivity index (χ2n) is 4.30. The van der Waals surface area contributed by atoms with Crippen LogP contribution in [0.15, 0.2) is 29.2 Å². The van der Waals surface area contributed by atoms with Gasteiger partial charge in [0, 0.05) is 7.11 Å². The molecule has 1 aromatic heterocycles. The summed E-state index contributed by atoms with van der Waals surface area (Å²) in [6.07, 6.45) is 1.02. The third kappa shape index (κ3) is 2.85. The summed E-state index contributed by atoms with van der Waals surface area (Å²) in [7, 11) is 1.59. The number of fused-ring (bicyclic) bond motifs is 1. The molecule has 1 N–H and O–H groups in total. The van der Waals surface area contributed by atoms with Crippen LogP contribution in [0.5, 0.6) is 0 Å². The summed E-state index contributed by atoms with van der Waals surface area (Å²) >= 11 is 0. The maximum Gasteiger partial charge on any atom is 0.269 e. The van der Waals surface area contributed by atoms with Crippen LogP contribution in [0.3, 0.4) is 0 Å². The van der Waals surface area contributed by atoms with Gasteiger partial charge >= 0.3 is 0 Å². The van der Waals surface area contributed by atoms with Crippen molar-refractivity contribution in [1.82, 2.24) is 14.9 Å². The van der Waals surface area contributed by atoms with Gasteiger partial charge in [0.1, 0.15) is 6.23 Å². The molecule has 104 valence electrons. The molecular formula is C14H16N4O2. The number of hydrogen-bond donors (Lipinski definition) is 1. The Morgan fingerprint density at radius 2 is 2.35 bits per heavy atom. The molecule has 0 fully saturated rings. The molecule has 0 aliphatic carbocycles. The van der Waals surface area contributed by atoms with E-state index in [0.29, 0.717) is 23.1 Å². The van der Waals surface area contributed by atoms with Crippen molar-refractivity contribution in [3.63, 3.8) is 0 Å². The lowest BCUT2D eigenvalue weighted by Crippen LogP contribution is -2.38. The number of hydrogen-bond acceptors (Lipinski definition) is 5. The fourth-order valence-corrected chi connectivity index (χ4v) is 2.04. The highest BCUT2D eigenvalue weighted by Crippen LogP contribution is 2.12. The van der Waals surface area contributed by atoms with Crippen LogP contribution in [0.2, 0.25) is 0 Å². The number of methoxy groups -OCH3 is 1. The molecule has 6 nitrogen and oxygen atoms in total. The van der Waals surface area contributed by atoms with Crippen LogP contribution in [0.4, 0.5) is 0 Å². The minimum atomic E-state index is -0.269. The Morgan fingerprint density at radius 3 is 3.00 bits per heavy atom. The zero-order chi connectivity index (χ0) is 14.5. The van der Waals surface area contributed by atoms with Gasteiger partial charge in [0.15, 0.2) is 0 Å². The normalized spacial score (nSPS) is 12.2. The zero-order valence-electron chi connectivity index (χ0n) is 11.5. The first kappa shape index (κ1) is 14.2. The van der Waals surface area contributed by atoms with Crippen molar-refractivity contribution in [3.05, 3.63) is 40.3 Å². The smallest absolute Gasteiger partial charge is 0.269 e. The molecule has 0 amide bonds. The van der Waals surface area contributed by atoms with Crippen molar-refractivity contribution in [2.75, 3.05) is 13.7 Å². The molecule has 1 aromatic carbocycles. The molecule has 0 aliphatic heterocycles. The number of nitriles is 1. The topological polar surface area (TPSA) is 79.9 Å². The average molecular weight is 272 g/mol. The monoisotopic (exact) mass is 272 g/mol. The molecule has 2 rings (SSSR count). The van der Waals surface area contributed by atoms with E-state index in [1.54, 1.807) is 29.9 Å². The quantitative estimate of drug-likeness (QED) is 0.816. The predicted molar refractivity (Wildman–Crippen MR) is 75.2 cm³/mol. The maximum atomic E-state index is 12.0. The molecule has 1 heterocycles. The molecule has 0 aliphatic rings. The van der Waals surface area contributed by atoms with Crippen molar-refractivity contribution in [2.24, 2.45) is 0 Å². The highest BCUT2D eigenvalue weighted by molar-refractivity contribution is 5.76. The van der Waals surface area contributed by atoms with Gasteiger partial charge in [-0.25, -0.2) is 4.98 Å². The van der Waals surface area contributed by atoms with E-state index in [4.69, 9.17) is 10.00 Å². The summed E-state index contributed by atoms with van der Waals surface area (Å²) in [6, 6.07) is 7.16. The van der Waals surface area contributed by atoms with E-state index >= 15 is 0 Å². The number of ether oxygens (including phenoxy) is 1. The largest absolute Gasteiger partial charge is 0.365 e. The Hall–Kier alpha value is -2.23. The fourth-order valence-electron chi connectivity index (χ4n) is 2.04. The number of nitrogens with one attached hydrogen (secondary N) is 1. The van der Waals surface area contributed by atoms with E-state index in [0.717, 1.165) is 6.54 Å². The lowest BCUT2D eigenvalue weighted by Gasteiger charge is -2.18. The zero-order valence-corrected chi connectivity index (χ0v) is 11.5. The Labute approximate surface area is 116 Å². The average Bonchev–Trinajstić information content (AvgIpc) is 2.48. The Balaban J connectivity index is 2.52. The van der Waals surface area contributed by atoms with Gasteiger partial charge < -0.3 is 9.30 Å². The second-order valence-corrected chi connectivity index (χ2v) is 4.30. The third-order valence-corrected chi connectivity index (χ3v) is 3.04. The van der Waals surface area contributed by atoms with Gasteiger partial charge in [-0.3, -0.25) is 10.1 Å². The summed E-state index contributed by atoms with van der Waals surface area (Å²) in [5, 5.41) is 12.1. The number of rotatable bonds is 5. The molecule has 0 saturated carbocycles. The molecule has 0 radical (unpaired) electrons. The van der Waals surface area contributed by atoms with Gasteiger partial charge in [0.2, 0.25) is 0 Å². The minimum absolute atomic E-state index is 0.215. The standard InChI is InChI=1S/C14H16N4O2/c1-3-16-13(20-2)9-18-12-6-10(7-15)4-5-11(12)17-8-14(18)19/h4-6,8,13,16H,3,9H2,1-2H3. The Morgan fingerprint density at radius 1 is 1.55 bits per heavy atom. The summed E-state index contributed by atoms with van der Waals surface area (Å²) in [6.45, 7) is 3.06. The Kier molecular flexibility index (Phi) is 4.45. The molecule has 0 bridgehead atoms. The van der Waals surface area contributed by atoms with Gasteiger partial charge in [0.05, 0.1) is 35.4 Å². The van der Waals surface area contributed by atoms with Crippen molar-refractivity contribution in [1.29, 1.82) is 5.26 Å². The molecule has 0 spiro atoms. The van der Waals surface area contributed by atoms with E-state index in [1.807, 2.05) is 6.92 Å². The van der Waals surface area contributed by atoms with Crippen LogP contribution in [-0.2, 0) is 11.3 Å². The number of aromatic nitrogens is 2. The van der Waals surface area contributed by atoms with Crippen molar-refractivity contribution < 1.29 is 4.74 Å². The van der Waals surface area contributed by atoms with Crippen LogP contribution >= 0.6 is 0 Å². The van der Waals surface area contributed by atoms with Gasteiger partial charge in [-0.05, 0) is 24.7 Å². The lowest BCUT2D eigenvalue weighted by atomic mass is 10.2. The van der Waals surface area contributed by atoms with Gasteiger partial charge in [-0.15, -0.1) is 0 Å². The predicted octanol–water partition coefficient (Wildman–Crippen LogP) is 0.850. The summed E-state index contributed by atoms with van der Waals surface area (Å²) in [5.74, 6) is 0. The molecule has 1 unspecified atom stereocenters. The molecular weight excluding hydrogens is 256 g/mol. The number of benzene rings is 1. The molecule has 1 atom stereocenters. The van der Waals surface area contributed by atoms with Crippen molar-refractivity contribution in [3.8, 4) is 6.07 Å². The second kappa shape index (κ2) is 6.28.